The molecule has 0 heterocycles. The van der Waals surface area contributed by atoms with Gasteiger partial charge in [0, 0.05) is 5.69 Å². The van der Waals surface area contributed by atoms with Crippen molar-refractivity contribution in [3.63, 3.8) is 0 Å². The number of carbonyl (C=O) groups excluding carboxylic acids is 1. The molecule has 2 nitrogen and oxygen atoms in total. The first-order chi connectivity index (χ1) is 5.83. The van der Waals surface area contributed by atoms with E-state index < -0.39 is 0 Å². The van der Waals surface area contributed by atoms with Gasteiger partial charge >= 0.3 is 0 Å². The molecule has 0 unspecified atom stereocenters. The first kappa shape index (κ1) is 8.85. The molecule has 0 amide bonds. The van der Waals surface area contributed by atoms with Crippen molar-refractivity contribution in [2.24, 2.45) is 0 Å². The topological polar surface area (TPSA) is 43.1 Å². The predicted octanol–water partition coefficient (Wildman–Crippen LogP) is 1.12. The minimum absolute atomic E-state index is 0.776. The van der Waals surface area contributed by atoms with Gasteiger partial charge in [0.25, 0.3) is 0 Å². The van der Waals surface area contributed by atoms with E-state index >= 15 is 0 Å². The summed E-state index contributed by atoms with van der Waals surface area (Å²) in [6.45, 7) is 0. The van der Waals surface area contributed by atoms with Crippen LogP contribution in [0.2, 0.25) is 6.32 Å². The monoisotopic (exact) mass is 160 g/mol. The van der Waals surface area contributed by atoms with Crippen LogP contribution in [-0.4, -0.2) is 13.5 Å². The molecule has 0 aromatic heterocycles. The number of aryl methyl sites for hydroxylation is 1. The van der Waals surface area contributed by atoms with Crippen LogP contribution in [0.15, 0.2) is 24.3 Å². The molecule has 1 aromatic carbocycles. The minimum atomic E-state index is 0.776. The SMILES string of the molecule is Nc1cccc(CC[B]C=O)c1. The Balaban J connectivity index is 2.46. The van der Waals surface area contributed by atoms with Crippen LogP contribution in [0.1, 0.15) is 5.56 Å². The molecule has 0 atom stereocenters. The van der Waals surface area contributed by atoms with Gasteiger partial charge in [0.15, 0.2) is 7.28 Å². The molecule has 1 radical (unpaired) electrons. The second-order valence-electron chi connectivity index (χ2n) is 2.66. The van der Waals surface area contributed by atoms with Crippen molar-refractivity contribution >= 4 is 19.2 Å². The van der Waals surface area contributed by atoms with E-state index in [1.807, 2.05) is 24.3 Å². The van der Waals surface area contributed by atoms with Crippen molar-refractivity contribution in [1.82, 2.24) is 0 Å². The van der Waals surface area contributed by atoms with E-state index in [0.29, 0.717) is 0 Å². The number of hydrogen-bond donors (Lipinski definition) is 1. The Morgan fingerprint density at radius 1 is 1.50 bits per heavy atom. The molecular weight excluding hydrogens is 149 g/mol. The lowest BCUT2D eigenvalue weighted by Gasteiger charge is -1.99. The van der Waals surface area contributed by atoms with E-state index in [1.165, 1.54) is 5.56 Å². The Kier molecular flexibility index (Phi) is 3.39. The zero-order valence-electron chi connectivity index (χ0n) is 6.86. The van der Waals surface area contributed by atoms with Crippen LogP contribution in [0.25, 0.3) is 0 Å². The molecule has 0 spiro atoms. The van der Waals surface area contributed by atoms with Crippen LogP contribution >= 0.6 is 0 Å². The van der Waals surface area contributed by atoms with Crippen LogP contribution in [0.3, 0.4) is 0 Å². The first-order valence-corrected chi connectivity index (χ1v) is 3.94. The van der Waals surface area contributed by atoms with Gasteiger partial charge in [-0.2, -0.15) is 0 Å². The molecule has 0 fully saturated rings. The van der Waals surface area contributed by atoms with Crippen molar-refractivity contribution < 1.29 is 4.79 Å². The second kappa shape index (κ2) is 4.60. The third-order valence-corrected chi connectivity index (χ3v) is 1.65. The summed E-state index contributed by atoms with van der Waals surface area (Å²) in [7, 11) is 1.61. The standard InChI is InChI=1S/C9H11BNO/c11-9-3-1-2-8(6-9)4-5-10-7-12/h1-3,6-7H,4-5,11H2. The number of hydrogen-bond acceptors (Lipinski definition) is 2. The summed E-state index contributed by atoms with van der Waals surface area (Å²) in [5.74, 6) is 0. The fourth-order valence-electron chi connectivity index (χ4n) is 1.07. The molecule has 61 valence electrons. The molecule has 0 aliphatic carbocycles. The van der Waals surface area contributed by atoms with Gasteiger partial charge in [0.05, 0.1) is 6.19 Å². The van der Waals surface area contributed by atoms with E-state index in [9.17, 15) is 4.79 Å². The summed E-state index contributed by atoms with van der Waals surface area (Å²) in [6.07, 6.45) is 2.49. The van der Waals surface area contributed by atoms with Gasteiger partial charge < -0.3 is 10.5 Å². The largest absolute Gasteiger partial charge is 0.399 e. The highest BCUT2D eigenvalue weighted by Crippen LogP contribution is 2.08. The number of carbonyl (C=O) groups is 1. The Hall–Kier alpha value is -1.25. The summed E-state index contributed by atoms with van der Waals surface area (Å²) in [5.41, 5.74) is 7.53. The molecule has 0 saturated heterocycles. The molecular formula is C9H11BNO. The predicted molar refractivity (Wildman–Crippen MR) is 51.9 cm³/mol. The first-order valence-electron chi connectivity index (χ1n) is 3.94. The number of nitrogen functional groups attached to an aromatic ring is 1. The van der Waals surface area contributed by atoms with Crippen LogP contribution < -0.4 is 5.73 Å². The van der Waals surface area contributed by atoms with Gasteiger partial charge in [-0.05, 0) is 24.1 Å². The number of rotatable bonds is 4. The maximum absolute atomic E-state index is 9.98. The van der Waals surface area contributed by atoms with Crippen LogP contribution in [0.4, 0.5) is 5.69 Å². The van der Waals surface area contributed by atoms with Gasteiger partial charge in [-0.3, -0.25) is 0 Å². The molecule has 0 saturated carbocycles. The lowest BCUT2D eigenvalue weighted by atomic mass is 9.75. The van der Waals surface area contributed by atoms with Crippen LogP contribution in [-0.2, 0) is 11.2 Å². The molecule has 0 aliphatic rings. The number of nitrogens with two attached hydrogens (primary N) is 1. The average molecular weight is 160 g/mol. The highest BCUT2D eigenvalue weighted by atomic mass is 16.1. The van der Waals surface area contributed by atoms with Gasteiger partial charge in [-0.15, -0.1) is 0 Å². The third-order valence-electron chi connectivity index (χ3n) is 1.65. The van der Waals surface area contributed by atoms with Gasteiger partial charge in [-0.25, -0.2) is 0 Å². The van der Waals surface area contributed by atoms with Crippen LogP contribution in [0.5, 0.6) is 0 Å². The smallest absolute Gasteiger partial charge is 0.197 e. The highest BCUT2D eigenvalue weighted by Gasteiger charge is 1.93. The van der Waals surface area contributed by atoms with Crippen LogP contribution in [0, 0.1) is 0 Å². The molecule has 12 heavy (non-hydrogen) atoms. The van der Waals surface area contributed by atoms with E-state index in [2.05, 4.69) is 0 Å². The molecule has 1 rings (SSSR count). The third kappa shape index (κ3) is 2.78. The molecule has 0 bridgehead atoms. The molecule has 3 heteroatoms. The van der Waals surface area contributed by atoms with E-state index in [1.54, 1.807) is 7.28 Å². The Morgan fingerprint density at radius 2 is 2.33 bits per heavy atom. The summed E-state index contributed by atoms with van der Waals surface area (Å²) < 4.78 is 0. The maximum Gasteiger partial charge on any atom is 0.197 e. The van der Waals surface area contributed by atoms with Gasteiger partial charge in [0.1, 0.15) is 0 Å². The van der Waals surface area contributed by atoms with Crippen molar-refractivity contribution in [2.75, 3.05) is 5.73 Å². The normalized spacial score (nSPS) is 9.33. The zero-order valence-corrected chi connectivity index (χ0v) is 6.86. The van der Waals surface area contributed by atoms with Gasteiger partial charge in [-0.1, -0.05) is 18.5 Å². The summed E-state index contributed by atoms with van der Waals surface area (Å²) in [6, 6.07) is 7.71. The van der Waals surface area contributed by atoms with E-state index in [-0.39, 0.29) is 0 Å². The Bertz CT molecular complexity index is 262. The fraction of sp³-hybridized carbons (Fsp3) is 0.222. The summed E-state index contributed by atoms with van der Waals surface area (Å²) in [4.78, 5) is 9.98. The van der Waals surface area contributed by atoms with Gasteiger partial charge in [0.2, 0.25) is 0 Å². The fourth-order valence-corrected chi connectivity index (χ4v) is 1.07. The van der Waals surface area contributed by atoms with Crippen molar-refractivity contribution in [3.8, 4) is 0 Å². The highest BCUT2D eigenvalue weighted by molar-refractivity contribution is 6.66. The molecule has 0 aliphatic heterocycles. The quantitative estimate of drug-likeness (QED) is 0.310. The number of benzene rings is 1. The average Bonchev–Trinajstić information content (AvgIpc) is 2.05. The van der Waals surface area contributed by atoms with Crippen molar-refractivity contribution in [3.05, 3.63) is 29.8 Å². The summed E-state index contributed by atoms with van der Waals surface area (Å²) in [5, 5.41) is 0. The molecule has 1 aromatic rings. The summed E-state index contributed by atoms with van der Waals surface area (Å²) >= 11 is 0. The van der Waals surface area contributed by atoms with Crippen molar-refractivity contribution in [2.45, 2.75) is 12.7 Å². The molecule has 2 N–H and O–H groups in total. The lowest BCUT2D eigenvalue weighted by molar-refractivity contribution is 0.568. The second-order valence-corrected chi connectivity index (χ2v) is 2.66. The Morgan fingerprint density at radius 3 is 3.00 bits per heavy atom. The lowest BCUT2D eigenvalue weighted by Crippen LogP contribution is -1.95. The zero-order chi connectivity index (χ0) is 8.81. The minimum Gasteiger partial charge on any atom is -0.399 e. The van der Waals surface area contributed by atoms with E-state index in [0.717, 1.165) is 24.6 Å². The maximum atomic E-state index is 9.98. The number of anilines is 1. The Labute approximate surface area is 73.0 Å². The van der Waals surface area contributed by atoms with E-state index in [4.69, 9.17) is 5.73 Å². The van der Waals surface area contributed by atoms with Crippen molar-refractivity contribution in [1.29, 1.82) is 0 Å².